The molecule has 1 heterocycles. The topological polar surface area (TPSA) is 38.0 Å². The molecule has 1 aliphatic heterocycles. The molecule has 0 amide bonds. The Labute approximate surface area is 92.9 Å². The zero-order chi connectivity index (χ0) is 11.1. The predicted octanol–water partition coefficient (Wildman–Crippen LogP) is 2.34. The largest absolute Gasteiger partial charge is 0.382 e. The third-order valence-electron chi connectivity index (χ3n) is 2.79. The monoisotopic (exact) mass is 206 g/mol. The van der Waals surface area contributed by atoms with Gasteiger partial charge in [0.1, 0.15) is 0 Å². The fourth-order valence-corrected chi connectivity index (χ4v) is 1.79. The zero-order valence-corrected chi connectivity index (χ0v) is 9.79. The molecule has 2 heteroatoms. The Morgan fingerprint density at radius 1 is 1.60 bits per heavy atom. The van der Waals surface area contributed by atoms with E-state index in [2.05, 4.69) is 37.0 Å². The molecule has 0 bridgehead atoms. The maximum atomic E-state index is 5.55. The minimum absolute atomic E-state index is 0.518. The average Bonchev–Trinajstić information content (AvgIpc) is 2.30. The van der Waals surface area contributed by atoms with E-state index in [1.54, 1.807) is 0 Å². The van der Waals surface area contributed by atoms with Crippen LogP contribution in [0.2, 0.25) is 0 Å². The standard InChI is InChI=1S/C13H22N2/c1-3-12-4-5-13(6-8-14)7-9-15-11(2)10-12/h4-5,9,11-12,15H,3,6,8,10,14H2,1-2H3/b5-4+. The Morgan fingerprint density at radius 2 is 2.40 bits per heavy atom. The van der Waals surface area contributed by atoms with Crippen LogP contribution in [0, 0.1) is 5.92 Å². The van der Waals surface area contributed by atoms with E-state index < -0.39 is 0 Å². The van der Waals surface area contributed by atoms with E-state index in [1.807, 2.05) is 6.20 Å². The second-order valence-corrected chi connectivity index (χ2v) is 4.18. The van der Waals surface area contributed by atoms with Gasteiger partial charge in [0, 0.05) is 12.2 Å². The summed E-state index contributed by atoms with van der Waals surface area (Å²) in [5.74, 6) is 0.661. The van der Waals surface area contributed by atoms with Crippen molar-refractivity contribution in [1.29, 1.82) is 0 Å². The third-order valence-corrected chi connectivity index (χ3v) is 2.79. The van der Waals surface area contributed by atoms with Gasteiger partial charge in [-0.15, -0.1) is 0 Å². The summed E-state index contributed by atoms with van der Waals surface area (Å²) < 4.78 is 0. The lowest BCUT2D eigenvalue weighted by atomic mass is 9.97. The molecule has 0 saturated carbocycles. The lowest BCUT2D eigenvalue weighted by molar-refractivity contribution is 0.477. The number of rotatable bonds is 3. The van der Waals surface area contributed by atoms with Gasteiger partial charge in [-0.25, -0.2) is 0 Å². The summed E-state index contributed by atoms with van der Waals surface area (Å²) >= 11 is 0. The molecule has 2 unspecified atom stereocenters. The molecule has 1 rings (SSSR count). The molecular formula is C13H22N2. The Hall–Kier alpha value is -0.980. The van der Waals surface area contributed by atoms with Crippen molar-refractivity contribution in [3.63, 3.8) is 0 Å². The molecule has 1 aliphatic rings. The van der Waals surface area contributed by atoms with Gasteiger partial charge in [-0.3, -0.25) is 0 Å². The minimum atomic E-state index is 0.518. The van der Waals surface area contributed by atoms with Crippen LogP contribution in [0.4, 0.5) is 0 Å². The van der Waals surface area contributed by atoms with Crippen molar-refractivity contribution in [2.45, 2.75) is 39.2 Å². The fourth-order valence-electron chi connectivity index (χ4n) is 1.79. The Kier molecular flexibility index (Phi) is 5.23. The SMILES string of the molecule is CCC1/C=C/C(CCN)=C=CNC(C)C1. The van der Waals surface area contributed by atoms with E-state index in [1.165, 1.54) is 18.4 Å². The minimum Gasteiger partial charge on any atom is -0.382 e. The number of nitrogens with two attached hydrogens (primary N) is 1. The molecule has 2 atom stereocenters. The molecule has 15 heavy (non-hydrogen) atoms. The van der Waals surface area contributed by atoms with Gasteiger partial charge in [0.2, 0.25) is 0 Å². The van der Waals surface area contributed by atoms with Crippen LogP contribution in [0.5, 0.6) is 0 Å². The smallest absolute Gasteiger partial charge is 0.0402 e. The van der Waals surface area contributed by atoms with Crippen molar-refractivity contribution in [2.75, 3.05) is 6.54 Å². The average molecular weight is 206 g/mol. The summed E-state index contributed by atoms with van der Waals surface area (Å²) in [7, 11) is 0. The lowest BCUT2D eigenvalue weighted by Crippen LogP contribution is -2.22. The molecule has 2 nitrogen and oxygen atoms in total. The quantitative estimate of drug-likeness (QED) is 0.696. The van der Waals surface area contributed by atoms with Crippen molar-refractivity contribution < 1.29 is 0 Å². The first-order valence-corrected chi connectivity index (χ1v) is 5.84. The summed E-state index contributed by atoms with van der Waals surface area (Å²) in [5.41, 5.74) is 10.00. The summed E-state index contributed by atoms with van der Waals surface area (Å²) in [5, 5.41) is 3.34. The van der Waals surface area contributed by atoms with Crippen molar-refractivity contribution in [2.24, 2.45) is 11.7 Å². The number of nitrogens with one attached hydrogen (secondary N) is 1. The molecule has 0 fully saturated rings. The van der Waals surface area contributed by atoms with Crippen LogP contribution < -0.4 is 11.1 Å². The molecule has 0 spiro atoms. The highest BCUT2D eigenvalue weighted by molar-refractivity contribution is 5.19. The molecule has 0 aromatic rings. The molecule has 0 saturated heterocycles. The highest BCUT2D eigenvalue weighted by atomic mass is 14.9. The Balaban J connectivity index is 2.78. The van der Waals surface area contributed by atoms with Gasteiger partial charge < -0.3 is 11.1 Å². The van der Waals surface area contributed by atoms with Gasteiger partial charge in [-0.2, -0.15) is 0 Å². The highest BCUT2D eigenvalue weighted by Crippen LogP contribution is 2.15. The van der Waals surface area contributed by atoms with Crippen molar-refractivity contribution in [1.82, 2.24) is 5.32 Å². The zero-order valence-electron chi connectivity index (χ0n) is 9.79. The van der Waals surface area contributed by atoms with Gasteiger partial charge in [0.05, 0.1) is 0 Å². The predicted molar refractivity (Wildman–Crippen MR) is 65.4 cm³/mol. The van der Waals surface area contributed by atoms with E-state index in [-0.39, 0.29) is 0 Å². The third kappa shape index (κ3) is 4.37. The lowest BCUT2D eigenvalue weighted by Gasteiger charge is -2.15. The summed E-state index contributed by atoms with van der Waals surface area (Å²) in [6.07, 6.45) is 9.68. The molecule has 0 aromatic heterocycles. The number of hydrogen-bond acceptors (Lipinski definition) is 2. The molecule has 84 valence electrons. The van der Waals surface area contributed by atoms with E-state index in [9.17, 15) is 0 Å². The Bertz CT molecular complexity index is 272. The second-order valence-electron chi connectivity index (χ2n) is 4.18. The van der Waals surface area contributed by atoms with Crippen LogP contribution in [0.25, 0.3) is 0 Å². The molecule has 0 aliphatic carbocycles. The normalized spacial score (nSPS) is 28.3. The first kappa shape index (κ1) is 12.1. The van der Waals surface area contributed by atoms with Crippen LogP contribution in [-0.4, -0.2) is 12.6 Å². The van der Waals surface area contributed by atoms with Crippen molar-refractivity contribution in [3.05, 3.63) is 29.7 Å². The van der Waals surface area contributed by atoms with Gasteiger partial charge in [0.25, 0.3) is 0 Å². The van der Waals surface area contributed by atoms with Crippen LogP contribution in [0.15, 0.2) is 29.7 Å². The maximum absolute atomic E-state index is 5.55. The van der Waals surface area contributed by atoms with Crippen LogP contribution in [0.1, 0.15) is 33.1 Å². The van der Waals surface area contributed by atoms with E-state index in [0.717, 1.165) is 6.42 Å². The van der Waals surface area contributed by atoms with E-state index in [4.69, 9.17) is 5.73 Å². The van der Waals surface area contributed by atoms with E-state index >= 15 is 0 Å². The number of allylic oxidation sites excluding steroid dienone is 2. The van der Waals surface area contributed by atoms with Crippen molar-refractivity contribution >= 4 is 0 Å². The van der Waals surface area contributed by atoms with Gasteiger partial charge in [0.15, 0.2) is 0 Å². The van der Waals surface area contributed by atoms with Crippen LogP contribution in [0.3, 0.4) is 0 Å². The van der Waals surface area contributed by atoms with Gasteiger partial charge in [-0.1, -0.05) is 24.8 Å². The summed E-state index contributed by atoms with van der Waals surface area (Å²) in [6, 6.07) is 0.518. The summed E-state index contributed by atoms with van der Waals surface area (Å²) in [6.45, 7) is 5.13. The summed E-state index contributed by atoms with van der Waals surface area (Å²) in [4.78, 5) is 0. The molecule has 0 aromatic carbocycles. The van der Waals surface area contributed by atoms with Gasteiger partial charge in [-0.05, 0) is 44.2 Å². The highest BCUT2D eigenvalue weighted by Gasteiger charge is 2.08. The van der Waals surface area contributed by atoms with E-state index in [0.29, 0.717) is 18.5 Å². The fraction of sp³-hybridized carbons (Fsp3) is 0.615. The molecular weight excluding hydrogens is 184 g/mol. The molecule has 0 radical (unpaired) electrons. The maximum Gasteiger partial charge on any atom is 0.0402 e. The van der Waals surface area contributed by atoms with Crippen LogP contribution in [-0.2, 0) is 0 Å². The second kappa shape index (κ2) is 6.49. The van der Waals surface area contributed by atoms with Crippen LogP contribution >= 0.6 is 0 Å². The molecule has 3 N–H and O–H groups in total. The van der Waals surface area contributed by atoms with Crippen molar-refractivity contribution in [3.8, 4) is 0 Å². The van der Waals surface area contributed by atoms with Gasteiger partial charge >= 0.3 is 0 Å². The first-order chi connectivity index (χ1) is 7.26. The Morgan fingerprint density at radius 3 is 3.07 bits per heavy atom. The first-order valence-electron chi connectivity index (χ1n) is 5.84. The number of hydrogen-bond donors (Lipinski definition) is 2.